The largest absolute Gasteiger partial charge is 0.490 e. The lowest BCUT2D eigenvalue weighted by atomic mass is 9.86. The van der Waals surface area contributed by atoms with Crippen LogP contribution in [0.4, 0.5) is 8.78 Å². The van der Waals surface area contributed by atoms with Gasteiger partial charge in [0, 0.05) is 57.8 Å². The number of alkyl halides is 2. The van der Waals surface area contributed by atoms with Crippen molar-refractivity contribution in [1.29, 1.82) is 0 Å². The summed E-state index contributed by atoms with van der Waals surface area (Å²) in [5.74, 6) is -1.24. The van der Waals surface area contributed by atoms with E-state index in [4.69, 9.17) is 20.9 Å². The van der Waals surface area contributed by atoms with Gasteiger partial charge in [-0.2, -0.15) is 8.78 Å². The maximum absolute atomic E-state index is 12.9. The number of primary amides is 1. The van der Waals surface area contributed by atoms with Crippen molar-refractivity contribution in [2.75, 3.05) is 33.4 Å². The lowest BCUT2D eigenvalue weighted by molar-refractivity contribution is -0.130. The molecule has 0 aliphatic heterocycles. The number of ether oxygens (including phenoxy) is 3. The van der Waals surface area contributed by atoms with E-state index in [2.05, 4.69) is 10.1 Å². The molecule has 1 aromatic rings. The molecule has 0 aliphatic carbocycles. The first-order chi connectivity index (χ1) is 19.1. The zero-order chi connectivity index (χ0) is 31.3. The molecule has 0 spiro atoms. The van der Waals surface area contributed by atoms with Crippen LogP contribution in [-0.2, 0) is 20.9 Å². The Labute approximate surface area is 243 Å². The highest BCUT2D eigenvalue weighted by Gasteiger charge is 2.31. The molecule has 12 heteroatoms. The average molecular weight is 589 g/mol. The van der Waals surface area contributed by atoms with Gasteiger partial charge in [0.15, 0.2) is 11.5 Å². The van der Waals surface area contributed by atoms with Gasteiger partial charge in [-0.05, 0) is 57.7 Å². The number of nitrogens with one attached hydrogen (secondary N) is 1. The molecule has 0 aliphatic rings. The molecule has 3 atom stereocenters. The molecule has 0 saturated carbocycles. The first kappa shape index (κ1) is 36.5. The summed E-state index contributed by atoms with van der Waals surface area (Å²) in [6.07, 6.45) is -0.245. The fourth-order valence-electron chi connectivity index (χ4n) is 4.07. The highest BCUT2D eigenvalue weighted by Crippen LogP contribution is 2.31. The van der Waals surface area contributed by atoms with Crippen LogP contribution in [0.5, 0.6) is 11.5 Å². The van der Waals surface area contributed by atoms with Gasteiger partial charge in [0.05, 0.1) is 18.1 Å². The maximum atomic E-state index is 12.9. The van der Waals surface area contributed by atoms with Gasteiger partial charge in [0.25, 0.3) is 0 Å². The van der Waals surface area contributed by atoms with E-state index in [1.807, 2.05) is 32.6 Å². The van der Waals surface area contributed by atoms with Crippen molar-refractivity contribution in [2.45, 2.75) is 85.7 Å². The molecule has 0 bridgehead atoms. The molecule has 41 heavy (non-hydrogen) atoms. The van der Waals surface area contributed by atoms with E-state index in [-0.39, 0.29) is 48.9 Å². The van der Waals surface area contributed by atoms with Gasteiger partial charge >= 0.3 is 6.61 Å². The number of aliphatic hydroxyl groups excluding tert-OH is 1. The number of hydrogen-bond acceptors (Lipinski definition) is 8. The van der Waals surface area contributed by atoms with Crippen molar-refractivity contribution in [3.8, 4) is 11.5 Å². The second-order valence-corrected chi connectivity index (χ2v) is 11.7. The third kappa shape index (κ3) is 12.9. The molecule has 10 nitrogen and oxygen atoms in total. The van der Waals surface area contributed by atoms with E-state index >= 15 is 0 Å². The number of methoxy groups -OCH3 is 1. The second kappa shape index (κ2) is 17.4. The zero-order valence-corrected chi connectivity index (χ0v) is 25.5. The topological polar surface area (TPSA) is 149 Å². The van der Waals surface area contributed by atoms with Crippen molar-refractivity contribution in [2.24, 2.45) is 28.7 Å². The zero-order valence-electron chi connectivity index (χ0n) is 25.5. The van der Waals surface area contributed by atoms with Gasteiger partial charge in [0.1, 0.15) is 0 Å². The van der Waals surface area contributed by atoms with E-state index in [1.165, 1.54) is 6.07 Å². The van der Waals surface area contributed by atoms with Crippen LogP contribution in [0.3, 0.4) is 0 Å². The molecule has 0 aromatic heterocycles. The summed E-state index contributed by atoms with van der Waals surface area (Å²) in [5.41, 5.74) is 11.7. The molecule has 0 heterocycles. The van der Waals surface area contributed by atoms with Crippen LogP contribution in [0, 0.1) is 17.3 Å². The minimum Gasteiger partial charge on any atom is -0.490 e. The van der Waals surface area contributed by atoms with E-state index < -0.39 is 36.0 Å². The Balaban J connectivity index is 2.94. The number of carbonyl (C=O) groups is 2. The minimum atomic E-state index is -2.99. The van der Waals surface area contributed by atoms with Crippen molar-refractivity contribution < 1.29 is 37.7 Å². The van der Waals surface area contributed by atoms with Gasteiger partial charge in [-0.1, -0.05) is 19.9 Å². The molecule has 1 aromatic carbocycles. The van der Waals surface area contributed by atoms with Crippen LogP contribution in [0.15, 0.2) is 18.2 Å². The number of hydrogen-bond donors (Lipinski definition) is 4. The van der Waals surface area contributed by atoms with Gasteiger partial charge in [0.2, 0.25) is 11.8 Å². The number of amides is 2. The Bertz CT molecular complexity index is 948. The molecule has 0 radical (unpaired) electrons. The number of nitrogens with two attached hydrogens (primary N) is 2. The first-order valence-corrected chi connectivity index (χ1v) is 14.0. The first-order valence-electron chi connectivity index (χ1n) is 14.0. The molecule has 6 N–H and O–H groups in total. The van der Waals surface area contributed by atoms with Gasteiger partial charge in [-0.25, -0.2) is 0 Å². The van der Waals surface area contributed by atoms with E-state index in [9.17, 15) is 23.5 Å². The van der Waals surface area contributed by atoms with Crippen LogP contribution in [-0.4, -0.2) is 80.0 Å². The number of aliphatic hydroxyl groups is 1. The summed E-state index contributed by atoms with van der Waals surface area (Å²) in [7, 11) is 1.57. The summed E-state index contributed by atoms with van der Waals surface area (Å²) >= 11 is 0. The van der Waals surface area contributed by atoms with Gasteiger partial charge in [-0.3, -0.25) is 14.5 Å². The molecule has 0 saturated heterocycles. The Morgan fingerprint density at radius 1 is 1.12 bits per heavy atom. The van der Waals surface area contributed by atoms with Crippen LogP contribution in [0.1, 0.15) is 59.9 Å². The molecule has 1 rings (SSSR count). The summed E-state index contributed by atoms with van der Waals surface area (Å²) < 4.78 is 41.1. The Kier molecular flexibility index (Phi) is 15.5. The molecule has 0 unspecified atom stereocenters. The van der Waals surface area contributed by atoms with Crippen molar-refractivity contribution in [3.05, 3.63) is 23.8 Å². The number of nitrogens with zero attached hydrogens (tertiary/aromatic N) is 1. The smallest absolute Gasteiger partial charge is 0.387 e. The summed E-state index contributed by atoms with van der Waals surface area (Å²) in [6.45, 7) is 9.63. The van der Waals surface area contributed by atoms with Crippen LogP contribution in [0.2, 0.25) is 0 Å². The van der Waals surface area contributed by atoms with E-state index in [0.717, 1.165) is 5.56 Å². The molecular formula is C29H50F2N4O6. The van der Waals surface area contributed by atoms with E-state index in [0.29, 0.717) is 26.1 Å². The monoisotopic (exact) mass is 588 g/mol. The van der Waals surface area contributed by atoms with E-state index in [1.54, 1.807) is 33.1 Å². The Hall–Kier alpha value is -2.54. The highest BCUT2D eigenvalue weighted by atomic mass is 19.3. The SMILES string of the molecule is COCCCOc1cc(CN(C[C@H](N)[C@@H](O)C[C@H](C(=O)NCC(C)(C)C(N)=O)C(C)C)C(C)C)ccc1OC(F)F. The third-order valence-corrected chi connectivity index (χ3v) is 7.04. The maximum Gasteiger partial charge on any atom is 0.387 e. The molecular weight excluding hydrogens is 538 g/mol. The van der Waals surface area contributed by atoms with Crippen molar-refractivity contribution in [3.63, 3.8) is 0 Å². The number of halogens is 2. The minimum absolute atomic E-state index is 0.0385. The highest BCUT2D eigenvalue weighted by molar-refractivity contribution is 5.83. The predicted molar refractivity (Wildman–Crippen MR) is 154 cm³/mol. The molecule has 0 fully saturated rings. The Morgan fingerprint density at radius 3 is 2.32 bits per heavy atom. The van der Waals surface area contributed by atoms with Crippen molar-refractivity contribution in [1.82, 2.24) is 10.2 Å². The van der Waals surface area contributed by atoms with Crippen LogP contribution < -0.4 is 26.3 Å². The lowest BCUT2D eigenvalue weighted by Crippen LogP contribution is -2.49. The number of rotatable bonds is 20. The summed E-state index contributed by atoms with van der Waals surface area (Å²) in [4.78, 5) is 26.6. The molecule has 236 valence electrons. The second-order valence-electron chi connectivity index (χ2n) is 11.7. The summed E-state index contributed by atoms with van der Waals surface area (Å²) in [5, 5.41) is 13.8. The van der Waals surface area contributed by atoms with Crippen molar-refractivity contribution >= 4 is 11.8 Å². The lowest BCUT2D eigenvalue weighted by Gasteiger charge is -2.33. The van der Waals surface area contributed by atoms with Gasteiger partial charge in [-0.15, -0.1) is 0 Å². The standard InChI is InChI=1S/C29H50F2N4O6/c1-18(2)21(26(37)34-17-29(5,6)27(33)38)14-23(36)22(32)16-35(19(3)4)15-20-9-10-24(41-28(30)31)25(13-20)40-12-8-11-39-7/h9-10,13,18-19,21-23,28,36H,8,11-12,14-17,32H2,1-7H3,(H2,33,38)(H,34,37)/t21-,22-,23-/m0/s1. The Morgan fingerprint density at radius 2 is 1.78 bits per heavy atom. The number of carbonyl (C=O) groups excluding carboxylic acids is 2. The number of benzene rings is 1. The molecule has 2 amide bonds. The third-order valence-electron chi connectivity index (χ3n) is 7.04. The van der Waals surface area contributed by atoms with Crippen LogP contribution >= 0.6 is 0 Å². The quantitative estimate of drug-likeness (QED) is 0.170. The normalized spacial score (nSPS) is 14.4. The predicted octanol–water partition coefficient (Wildman–Crippen LogP) is 2.89. The van der Waals surface area contributed by atoms with Gasteiger partial charge < -0.3 is 36.1 Å². The summed E-state index contributed by atoms with van der Waals surface area (Å²) in [6, 6.07) is 4.17. The average Bonchev–Trinajstić information content (AvgIpc) is 2.88. The fraction of sp³-hybridized carbons (Fsp3) is 0.724. The van der Waals surface area contributed by atoms with Crippen LogP contribution in [0.25, 0.3) is 0 Å². The fourth-order valence-corrected chi connectivity index (χ4v) is 4.07.